The van der Waals surface area contributed by atoms with Crippen LogP contribution in [0.2, 0.25) is 0 Å². The number of alkyl halides is 3. The van der Waals surface area contributed by atoms with Crippen molar-refractivity contribution < 1.29 is 13.2 Å². The fraction of sp³-hybridized carbons (Fsp3) is 0.333. The summed E-state index contributed by atoms with van der Waals surface area (Å²) in [6, 6.07) is 2.45. The molecule has 1 aromatic carbocycles. The van der Waals surface area contributed by atoms with E-state index in [0.29, 0.717) is 11.7 Å². The van der Waals surface area contributed by atoms with Gasteiger partial charge in [-0.05, 0) is 17.3 Å². The maximum Gasteiger partial charge on any atom is 0.416 e. The van der Waals surface area contributed by atoms with Gasteiger partial charge >= 0.3 is 6.18 Å². The van der Waals surface area contributed by atoms with E-state index in [0.717, 1.165) is 6.07 Å². The normalized spacial score (nSPS) is 11.8. The van der Waals surface area contributed by atoms with Crippen LogP contribution in [0.1, 0.15) is 18.1 Å². The number of hydrogen-bond acceptors (Lipinski definition) is 0. The molecule has 1 unspecified atom stereocenters. The molecule has 0 spiro atoms. The van der Waals surface area contributed by atoms with Crippen LogP contribution in [0.15, 0.2) is 12.1 Å². The highest BCUT2D eigenvalue weighted by Gasteiger charge is 2.32. The molecule has 0 amide bonds. The first kappa shape index (κ1) is 11.6. The van der Waals surface area contributed by atoms with Gasteiger partial charge in [-0.1, -0.05) is 24.5 Å². The van der Waals surface area contributed by atoms with Gasteiger partial charge in [0.05, 0.1) is 5.56 Å². The molecule has 0 saturated carbocycles. The lowest BCUT2D eigenvalue weighted by Crippen LogP contribution is -2.24. The Morgan fingerprint density at radius 3 is 2.36 bits per heavy atom. The maximum absolute atomic E-state index is 12.5. The molecular formula is C9H9BF3P. The van der Waals surface area contributed by atoms with Crippen molar-refractivity contribution in [3.05, 3.63) is 23.3 Å². The van der Waals surface area contributed by atoms with Crippen LogP contribution in [0, 0.1) is 0 Å². The zero-order valence-electron chi connectivity index (χ0n) is 7.65. The zero-order valence-corrected chi connectivity index (χ0v) is 8.81. The van der Waals surface area contributed by atoms with Gasteiger partial charge in [0.1, 0.15) is 7.85 Å². The number of benzene rings is 1. The minimum atomic E-state index is -4.32. The molecule has 1 rings (SSSR count). The van der Waals surface area contributed by atoms with Gasteiger partial charge in [0.2, 0.25) is 0 Å². The third kappa shape index (κ3) is 2.30. The first-order valence-corrected chi connectivity index (χ1v) is 4.69. The van der Waals surface area contributed by atoms with Crippen LogP contribution in [-0.4, -0.2) is 7.85 Å². The van der Waals surface area contributed by atoms with Crippen LogP contribution < -0.4 is 10.8 Å². The van der Waals surface area contributed by atoms with Gasteiger partial charge in [-0.3, -0.25) is 0 Å². The predicted octanol–water partition coefficient (Wildman–Crippen LogP) is 1.56. The van der Waals surface area contributed by atoms with E-state index in [4.69, 9.17) is 7.85 Å². The average Bonchev–Trinajstić information content (AvgIpc) is 2.07. The standard InChI is InChI=1S/C9H9BF3P/c1-2-5-3-8(14)7(10)4-6(5)9(11,12)13/h3-4H,2,14H2,1H3. The summed E-state index contributed by atoms with van der Waals surface area (Å²) in [6.07, 6.45) is -3.98. The molecule has 0 aliphatic heterocycles. The van der Waals surface area contributed by atoms with Crippen LogP contribution in [0.5, 0.6) is 0 Å². The molecule has 0 aromatic heterocycles. The monoisotopic (exact) mass is 216 g/mol. The fourth-order valence-electron chi connectivity index (χ4n) is 1.24. The van der Waals surface area contributed by atoms with E-state index in [2.05, 4.69) is 9.24 Å². The molecule has 74 valence electrons. The van der Waals surface area contributed by atoms with Crippen LogP contribution in [0.4, 0.5) is 13.2 Å². The number of aryl methyl sites for hydroxylation is 1. The number of halogens is 3. The van der Waals surface area contributed by atoms with Gasteiger partial charge in [0.15, 0.2) is 0 Å². The fourth-order valence-corrected chi connectivity index (χ4v) is 1.52. The molecule has 5 heteroatoms. The van der Waals surface area contributed by atoms with Crippen molar-refractivity contribution in [2.45, 2.75) is 19.5 Å². The Morgan fingerprint density at radius 1 is 1.36 bits per heavy atom. The largest absolute Gasteiger partial charge is 0.416 e. The minimum Gasteiger partial charge on any atom is -0.166 e. The summed E-state index contributed by atoms with van der Waals surface area (Å²) >= 11 is 0. The second-order valence-corrected chi connectivity index (χ2v) is 3.61. The van der Waals surface area contributed by atoms with E-state index in [1.54, 1.807) is 6.92 Å². The lowest BCUT2D eigenvalue weighted by Gasteiger charge is -2.14. The van der Waals surface area contributed by atoms with Crippen LogP contribution in [0.25, 0.3) is 0 Å². The highest BCUT2D eigenvalue weighted by molar-refractivity contribution is 7.28. The molecule has 1 atom stereocenters. The zero-order chi connectivity index (χ0) is 10.9. The highest BCUT2D eigenvalue weighted by Crippen LogP contribution is 2.31. The van der Waals surface area contributed by atoms with Gasteiger partial charge < -0.3 is 0 Å². The SMILES string of the molecule is [B]c1cc(C(F)(F)F)c(CC)cc1P. The summed E-state index contributed by atoms with van der Waals surface area (Å²) in [5, 5.41) is 0.606. The van der Waals surface area contributed by atoms with Crippen molar-refractivity contribution in [2.24, 2.45) is 0 Å². The molecule has 14 heavy (non-hydrogen) atoms. The van der Waals surface area contributed by atoms with Gasteiger partial charge in [-0.25, -0.2) is 0 Å². The van der Waals surface area contributed by atoms with E-state index < -0.39 is 11.7 Å². The summed E-state index contributed by atoms with van der Waals surface area (Å²) in [5.41, 5.74) is -0.208. The molecular weight excluding hydrogens is 207 g/mol. The topological polar surface area (TPSA) is 0 Å². The van der Waals surface area contributed by atoms with E-state index in [1.807, 2.05) is 0 Å². The molecule has 1 aromatic rings. The maximum atomic E-state index is 12.5. The minimum absolute atomic E-state index is 0.152. The molecule has 2 radical (unpaired) electrons. The third-order valence-corrected chi connectivity index (χ3v) is 2.50. The van der Waals surface area contributed by atoms with Crippen molar-refractivity contribution in [1.29, 1.82) is 0 Å². The summed E-state index contributed by atoms with van der Waals surface area (Å²) in [5.74, 6) is 0. The summed E-state index contributed by atoms with van der Waals surface area (Å²) in [6.45, 7) is 1.69. The summed E-state index contributed by atoms with van der Waals surface area (Å²) in [7, 11) is 7.74. The molecule has 0 bridgehead atoms. The molecule has 0 saturated heterocycles. The quantitative estimate of drug-likeness (QED) is 0.493. The van der Waals surface area contributed by atoms with Gasteiger partial charge in [0, 0.05) is 0 Å². The van der Waals surface area contributed by atoms with Crippen LogP contribution in [0.3, 0.4) is 0 Å². The molecule has 0 fully saturated rings. The Hall–Kier alpha value is -0.495. The Morgan fingerprint density at radius 2 is 1.93 bits per heavy atom. The van der Waals surface area contributed by atoms with Crippen molar-refractivity contribution in [1.82, 2.24) is 0 Å². The number of rotatable bonds is 1. The second kappa shape index (κ2) is 3.94. The van der Waals surface area contributed by atoms with E-state index in [-0.39, 0.29) is 11.0 Å². The number of hydrogen-bond donors (Lipinski definition) is 0. The third-order valence-electron chi connectivity index (χ3n) is 2.00. The van der Waals surface area contributed by atoms with Crippen LogP contribution in [-0.2, 0) is 12.6 Å². The van der Waals surface area contributed by atoms with E-state index in [9.17, 15) is 13.2 Å². The first-order chi connectivity index (χ1) is 6.36. The Kier molecular flexibility index (Phi) is 3.26. The van der Waals surface area contributed by atoms with Gasteiger partial charge in [-0.2, -0.15) is 13.2 Å². The predicted molar refractivity (Wildman–Crippen MR) is 55.6 cm³/mol. The lowest BCUT2D eigenvalue weighted by atomic mass is 9.91. The van der Waals surface area contributed by atoms with E-state index >= 15 is 0 Å². The Labute approximate surface area is 84.5 Å². The van der Waals surface area contributed by atoms with Crippen molar-refractivity contribution >= 4 is 27.9 Å². The Balaban J connectivity index is 3.35. The lowest BCUT2D eigenvalue weighted by molar-refractivity contribution is -0.138. The smallest absolute Gasteiger partial charge is 0.166 e. The van der Waals surface area contributed by atoms with Gasteiger partial charge in [0.25, 0.3) is 0 Å². The molecule has 0 nitrogen and oxygen atoms in total. The average molecular weight is 216 g/mol. The van der Waals surface area contributed by atoms with Gasteiger partial charge in [-0.15, -0.1) is 9.24 Å². The molecule has 0 aliphatic carbocycles. The van der Waals surface area contributed by atoms with E-state index in [1.165, 1.54) is 6.07 Å². The van der Waals surface area contributed by atoms with Crippen molar-refractivity contribution in [2.75, 3.05) is 0 Å². The van der Waals surface area contributed by atoms with Crippen molar-refractivity contribution in [3.63, 3.8) is 0 Å². The molecule has 0 N–H and O–H groups in total. The highest BCUT2D eigenvalue weighted by atomic mass is 31.0. The first-order valence-electron chi connectivity index (χ1n) is 4.11. The summed E-state index contributed by atoms with van der Waals surface area (Å²) < 4.78 is 37.5. The summed E-state index contributed by atoms with van der Waals surface area (Å²) in [4.78, 5) is 0. The molecule has 0 heterocycles. The van der Waals surface area contributed by atoms with Crippen molar-refractivity contribution in [3.8, 4) is 0 Å². The molecule has 0 aliphatic rings. The second-order valence-electron chi connectivity index (χ2n) is 2.99. The van der Waals surface area contributed by atoms with Crippen LogP contribution >= 0.6 is 9.24 Å². The Bertz CT molecular complexity index is 347.